The van der Waals surface area contributed by atoms with E-state index in [1.54, 1.807) is 29.5 Å². The highest BCUT2D eigenvalue weighted by Gasteiger charge is 2.14. The zero-order valence-corrected chi connectivity index (χ0v) is 11.4. The van der Waals surface area contributed by atoms with Crippen molar-refractivity contribution in [1.82, 2.24) is 10.1 Å². The van der Waals surface area contributed by atoms with Gasteiger partial charge >= 0.3 is 0 Å². The predicted octanol–water partition coefficient (Wildman–Crippen LogP) is 3.79. The van der Waals surface area contributed by atoms with Crippen molar-refractivity contribution < 1.29 is 9.63 Å². The number of rotatable bonds is 2. The van der Waals surface area contributed by atoms with Crippen LogP contribution in [-0.4, -0.2) is 15.2 Å². The summed E-state index contributed by atoms with van der Waals surface area (Å²) in [5.41, 5.74) is 3.87. The van der Waals surface area contributed by atoms with E-state index in [0.29, 0.717) is 11.7 Å². The van der Waals surface area contributed by atoms with Crippen LogP contribution in [0.3, 0.4) is 0 Å². The minimum Gasteiger partial charge on any atom is -0.508 e. The van der Waals surface area contributed by atoms with E-state index < -0.39 is 0 Å². The minimum absolute atomic E-state index is 0.231. The van der Waals surface area contributed by atoms with Crippen molar-refractivity contribution in [3.8, 4) is 28.6 Å². The van der Waals surface area contributed by atoms with Crippen LogP contribution in [0.1, 0.15) is 11.1 Å². The molecule has 3 aromatic rings. The summed E-state index contributed by atoms with van der Waals surface area (Å²) in [4.78, 5) is 4.42. The van der Waals surface area contributed by atoms with Gasteiger partial charge in [-0.1, -0.05) is 5.16 Å². The average molecular weight is 272 g/mol. The topological polar surface area (TPSA) is 59.2 Å². The van der Waals surface area contributed by atoms with Gasteiger partial charge in [-0.25, -0.2) is 0 Å². The number of aromatic nitrogens is 2. The molecule has 0 amide bonds. The Bertz CT molecular complexity index is 731. The summed E-state index contributed by atoms with van der Waals surface area (Å²) < 4.78 is 5.31. The number of benzene rings is 1. The average Bonchev–Trinajstić information content (AvgIpc) is 2.97. The van der Waals surface area contributed by atoms with Gasteiger partial charge in [0.15, 0.2) is 0 Å². The second kappa shape index (κ2) is 4.51. The molecule has 3 rings (SSSR count). The van der Waals surface area contributed by atoms with E-state index in [2.05, 4.69) is 15.5 Å². The van der Waals surface area contributed by atoms with Crippen LogP contribution in [0.2, 0.25) is 0 Å². The standard InChI is InChI=1S/C14H12N2O2S/c1-8-5-10(17)3-4-11(8)14-15-13(16-18-14)12-7-19-6-9(12)2/h3-7,17H,1-2H3. The lowest BCUT2D eigenvalue weighted by atomic mass is 10.1. The van der Waals surface area contributed by atoms with Gasteiger partial charge in [0, 0.05) is 16.5 Å². The number of thiophene rings is 1. The van der Waals surface area contributed by atoms with Gasteiger partial charge < -0.3 is 9.63 Å². The number of phenols is 1. The van der Waals surface area contributed by atoms with Crippen LogP contribution in [0.15, 0.2) is 33.5 Å². The van der Waals surface area contributed by atoms with E-state index in [1.807, 2.05) is 19.2 Å². The zero-order valence-electron chi connectivity index (χ0n) is 10.5. The molecule has 0 fully saturated rings. The van der Waals surface area contributed by atoms with Crippen molar-refractivity contribution in [3.63, 3.8) is 0 Å². The van der Waals surface area contributed by atoms with Crippen LogP contribution >= 0.6 is 11.3 Å². The Kier molecular flexibility index (Phi) is 2.83. The van der Waals surface area contributed by atoms with Crippen LogP contribution < -0.4 is 0 Å². The molecule has 0 atom stereocenters. The third-order valence-electron chi connectivity index (χ3n) is 2.96. The van der Waals surface area contributed by atoms with Gasteiger partial charge in [-0.3, -0.25) is 0 Å². The lowest BCUT2D eigenvalue weighted by molar-refractivity contribution is 0.432. The molecule has 1 N–H and O–H groups in total. The summed E-state index contributed by atoms with van der Waals surface area (Å²) in [6.45, 7) is 3.92. The Labute approximate surface area is 114 Å². The van der Waals surface area contributed by atoms with Crippen molar-refractivity contribution in [2.24, 2.45) is 0 Å². The SMILES string of the molecule is Cc1cscc1-c1noc(-c2ccc(O)cc2C)n1. The lowest BCUT2D eigenvalue weighted by Crippen LogP contribution is -1.84. The fraction of sp³-hybridized carbons (Fsp3) is 0.143. The molecule has 4 nitrogen and oxygen atoms in total. The second-order valence-electron chi connectivity index (χ2n) is 4.39. The molecular formula is C14H12N2O2S. The first kappa shape index (κ1) is 11.9. The normalized spacial score (nSPS) is 10.8. The maximum atomic E-state index is 9.41. The molecule has 0 aliphatic heterocycles. The zero-order chi connectivity index (χ0) is 13.4. The molecule has 0 saturated carbocycles. The number of hydrogen-bond donors (Lipinski definition) is 1. The van der Waals surface area contributed by atoms with Gasteiger partial charge in [0.1, 0.15) is 5.75 Å². The molecule has 0 radical (unpaired) electrons. The van der Waals surface area contributed by atoms with E-state index in [0.717, 1.165) is 22.3 Å². The van der Waals surface area contributed by atoms with E-state index in [4.69, 9.17) is 4.52 Å². The first-order valence-electron chi connectivity index (χ1n) is 5.82. The van der Waals surface area contributed by atoms with Crippen LogP contribution in [0, 0.1) is 13.8 Å². The Morgan fingerprint density at radius 2 is 1.95 bits per heavy atom. The van der Waals surface area contributed by atoms with E-state index in [-0.39, 0.29) is 5.75 Å². The minimum atomic E-state index is 0.231. The van der Waals surface area contributed by atoms with Crippen LogP contribution in [0.25, 0.3) is 22.8 Å². The molecule has 0 bridgehead atoms. The summed E-state index contributed by atoms with van der Waals surface area (Å²) in [5, 5.41) is 17.5. The smallest absolute Gasteiger partial charge is 0.258 e. The van der Waals surface area contributed by atoms with Crippen molar-refractivity contribution in [2.75, 3.05) is 0 Å². The Balaban J connectivity index is 2.04. The summed E-state index contributed by atoms with van der Waals surface area (Å²) >= 11 is 1.62. The van der Waals surface area contributed by atoms with Gasteiger partial charge in [0.05, 0.1) is 0 Å². The molecule has 5 heteroatoms. The second-order valence-corrected chi connectivity index (χ2v) is 5.13. The van der Waals surface area contributed by atoms with Crippen molar-refractivity contribution >= 4 is 11.3 Å². The number of nitrogens with zero attached hydrogens (tertiary/aromatic N) is 2. The van der Waals surface area contributed by atoms with Gasteiger partial charge in [-0.15, -0.1) is 0 Å². The third kappa shape index (κ3) is 2.13. The van der Waals surface area contributed by atoms with Gasteiger partial charge in [-0.2, -0.15) is 16.3 Å². The summed E-state index contributed by atoms with van der Waals surface area (Å²) in [5.74, 6) is 1.30. The molecule has 0 saturated heterocycles. The molecule has 0 aliphatic carbocycles. The van der Waals surface area contributed by atoms with E-state index in [9.17, 15) is 5.11 Å². The number of aromatic hydroxyl groups is 1. The van der Waals surface area contributed by atoms with Gasteiger partial charge in [0.2, 0.25) is 5.82 Å². The highest BCUT2D eigenvalue weighted by Crippen LogP contribution is 2.29. The molecule has 2 aromatic heterocycles. The predicted molar refractivity (Wildman–Crippen MR) is 74.2 cm³/mol. The lowest BCUT2D eigenvalue weighted by Gasteiger charge is -2.00. The molecule has 19 heavy (non-hydrogen) atoms. The fourth-order valence-electron chi connectivity index (χ4n) is 1.92. The Hall–Kier alpha value is -2.14. The number of phenolic OH excluding ortho intramolecular Hbond substituents is 1. The van der Waals surface area contributed by atoms with Crippen LogP contribution in [-0.2, 0) is 0 Å². The van der Waals surface area contributed by atoms with Crippen molar-refractivity contribution in [1.29, 1.82) is 0 Å². The Morgan fingerprint density at radius 3 is 2.63 bits per heavy atom. The fourth-order valence-corrected chi connectivity index (χ4v) is 2.75. The quantitative estimate of drug-likeness (QED) is 0.771. The summed E-state index contributed by atoms with van der Waals surface area (Å²) in [6.07, 6.45) is 0. The van der Waals surface area contributed by atoms with Gasteiger partial charge in [0.25, 0.3) is 5.89 Å². The van der Waals surface area contributed by atoms with Crippen LogP contribution in [0.5, 0.6) is 5.75 Å². The highest BCUT2D eigenvalue weighted by molar-refractivity contribution is 7.08. The first-order chi connectivity index (χ1) is 9.15. The maximum Gasteiger partial charge on any atom is 0.258 e. The molecule has 2 heterocycles. The molecule has 0 unspecified atom stereocenters. The summed E-state index contributed by atoms with van der Waals surface area (Å²) in [6, 6.07) is 5.07. The number of hydrogen-bond acceptors (Lipinski definition) is 5. The first-order valence-corrected chi connectivity index (χ1v) is 6.76. The van der Waals surface area contributed by atoms with Crippen LogP contribution in [0.4, 0.5) is 0 Å². The van der Waals surface area contributed by atoms with Gasteiger partial charge in [-0.05, 0) is 48.6 Å². The van der Waals surface area contributed by atoms with E-state index >= 15 is 0 Å². The summed E-state index contributed by atoms with van der Waals surface area (Å²) in [7, 11) is 0. The van der Waals surface area contributed by atoms with Crippen molar-refractivity contribution in [2.45, 2.75) is 13.8 Å². The van der Waals surface area contributed by atoms with E-state index in [1.165, 1.54) is 0 Å². The molecule has 0 aliphatic rings. The molecular weight excluding hydrogens is 260 g/mol. The monoisotopic (exact) mass is 272 g/mol. The molecule has 0 spiro atoms. The maximum absolute atomic E-state index is 9.41. The third-order valence-corrected chi connectivity index (χ3v) is 3.82. The molecule has 1 aromatic carbocycles. The largest absolute Gasteiger partial charge is 0.508 e. The van der Waals surface area contributed by atoms with Crippen molar-refractivity contribution in [3.05, 3.63) is 40.1 Å². The Morgan fingerprint density at radius 1 is 1.11 bits per heavy atom. The molecule has 96 valence electrons. The number of aryl methyl sites for hydroxylation is 2. The highest BCUT2D eigenvalue weighted by atomic mass is 32.1.